The van der Waals surface area contributed by atoms with Crippen molar-refractivity contribution in [3.63, 3.8) is 0 Å². The molecule has 0 aliphatic heterocycles. The summed E-state index contributed by atoms with van der Waals surface area (Å²) in [5, 5.41) is 6.49. The van der Waals surface area contributed by atoms with Gasteiger partial charge in [-0.25, -0.2) is 0 Å². The van der Waals surface area contributed by atoms with Crippen LogP contribution < -0.4 is 0 Å². The van der Waals surface area contributed by atoms with E-state index >= 15 is 0 Å². The first-order chi connectivity index (χ1) is 11.7. The Kier molecular flexibility index (Phi) is 3.36. The number of rotatable bonds is 2. The van der Waals surface area contributed by atoms with E-state index in [-0.39, 0.29) is 0 Å². The highest BCUT2D eigenvalue weighted by molar-refractivity contribution is 14.1. The first-order valence-corrected chi connectivity index (χ1v) is 10.3. The Morgan fingerprint density at radius 1 is 0.750 bits per heavy atom. The SMILES string of the molecule is Cc1csc(-c2cc3cc4cc(-c5cc(I)cs5)oc4cc3o2)c1. The Hall–Kier alpha value is -1.57. The van der Waals surface area contributed by atoms with Crippen LogP contribution in [0.2, 0.25) is 0 Å². The Morgan fingerprint density at radius 3 is 1.92 bits per heavy atom. The molecule has 0 bridgehead atoms. The third-order valence-corrected chi connectivity index (χ3v) is 6.99. The summed E-state index contributed by atoms with van der Waals surface area (Å²) >= 11 is 5.74. The molecule has 0 saturated carbocycles. The quantitative estimate of drug-likeness (QED) is 0.253. The summed E-state index contributed by atoms with van der Waals surface area (Å²) < 4.78 is 13.3. The number of benzene rings is 1. The summed E-state index contributed by atoms with van der Waals surface area (Å²) in [6.45, 7) is 2.10. The van der Waals surface area contributed by atoms with E-state index in [0.717, 1.165) is 43.2 Å². The summed E-state index contributed by atoms with van der Waals surface area (Å²) in [6, 6.07) is 12.7. The van der Waals surface area contributed by atoms with Gasteiger partial charge in [-0.2, -0.15) is 0 Å². The van der Waals surface area contributed by atoms with Gasteiger partial charge in [-0.05, 0) is 70.8 Å². The van der Waals surface area contributed by atoms with E-state index in [9.17, 15) is 0 Å². The predicted octanol–water partition coefficient (Wildman–Crippen LogP) is 7.55. The van der Waals surface area contributed by atoms with Crippen molar-refractivity contribution in [2.24, 2.45) is 0 Å². The standard InChI is InChI=1S/C19H11IO2S2/c1-10-2-18(23-8-10)16-4-11-3-12-5-17(19-6-13(20)9-24-19)22-15(12)7-14(11)21-16/h2-9H,1H3. The van der Waals surface area contributed by atoms with Crippen LogP contribution in [0.3, 0.4) is 0 Å². The van der Waals surface area contributed by atoms with Gasteiger partial charge in [-0.1, -0.05) is 0 Å². The van der Waals surface area contributed by atoms with Gasteiger partial charge in [0, 0.05) is 25.8 Å². The van der Waals surface area contributed by atoms with Gasteiger partial charge >= 0.3 is 0 Å². The maximum absolute atomic E-state index is 6.05. The number of fused-ring (bicyclic) bond motifs is 2. The van der Waals surface area contributed by atoms with E-state index in [1.807, 2.05) is 6.07 Å². The number of halogens is 1. The Labute approximate surface area is 159 Å². The second kappa shape index (κ2) is 5.47. The monoisotopic (exact) mass is 462 g/mol. The van der Waals surface area contributed by atoms with Crippen molar-refractivity contribution in [1.82, 2.24) is 0 Å². The molecule has 0 unspecified atom stereocenters. The van der Waals surface area contributed by atoms with Crippen LogP contribution in [0.25, 0.3) is 43.2 Å². The van der Waals surface area contributed by atoms with Gasteiger partial charge in [-0.3, -0.25) is 0 Å². The summed E-state index contributed by atoms with van der Waals surface area (Å²) in [6.07, 6.45) is 0. The van der Waals surface area contributed by atoms with E-state index in [0.29, 0.717) is 0 Å². The lowest BCUT2D eigenvalue weighted by molar-refractivity contribution is 0.621. The molecule has 0 radical (unpaired) electrons. The van der Waals surface area contributed by atoms with Gasteiger partial charge in [0.05, 0.1) is 9.75 Å². The molecule has 118 valence electrons. The van der Waals surface area contributed by atoms with E-state index < -0.39 is 0 Å². The van der Waals surface area contributed by atoms with Crippen LogP contribution >= 0.6 is 45.3 Å². The minimum Gasteiger partial charge on any atom is -0.455 e. The molecule has 0 N–H and O–H groups in total. The first kappa shape index (κ1) is 14.7. The maximum Gasteiger partial charge on any atom is 0.145 e. The normalized spacial score (nSPS) is 11.8. The van der Waals surface area contributed by atoms with Crippen molar-refractivity contribution in [3.05, 3.63) is 56.3 Å². The smallest absolute Gasteiger partial charge is 0.145 e. The lowest BCUT2D eigenvalue weighted by Gasteiger charge is -1.90. The number of hydrogen-bond donors (Lipinski definition) is 0. The average molecular weight is 462 g/mol. The van der Waals surface area contributed by atoms with Crippen molar-refractivity contribution in [1.29, 1.82) is 0 Å². The van der Waals surface area contributed by atoms with E-state index in [1.54, 1.807) is 22.7 Å². The minimum absolute atomic E-state index is 0.865. The van der Waals surface area contributed by atoms with Crippen LogP contribution in [0.15, 0.2) is 56.0 Å². The van der Waals surface area contributed by atoms with Gasteiger partial charge in [0.25, 0.3) is 0 Å². The predicted molar refractivity (Wildman–Crippen MR) is 110 cm³/mol. The van der Waals surface area contributed by atoms with E-state index in [2.05, 4.69) is 70.6 Å². The van der Waals surface area contributed by atoms with Gasteiger partial charge in [-0.15, -0.1) is 22.7 Å². The minimum atomic E-state index is 0.865. The van der Waals surface area contributed by atoms with Crippen LogP contribution in [0.5, 0.6) is 0 Å². The Morgan fingerprint density at radius 2 is 1.38 bits per heavy atom. The molecule has 4 aromatic heterocycles. The molecule has 0 aliphatic carbocycles. The van der Waals surface area contributed by atoms with Crippen LogP contribution in [0, 0.1) is 10.5 Å². The average Bonchev–Trinajstić information content (AvgIpc) is 3.29. The van der Waals surface area contributed by atoms with Crippen molar-refractivity contribution >= 4 is 67.2 Å². The molecule has 0 spiro atoms. The maximum atomic E-state index is 6.05. The first-order valence-electron chi connectivity index (χ1n) is 7.43. The zero-order chi connectivity index (χ0) is 16.3. The lowest BCUT2D eigenvalue weighted by Crippen LogP contribution is -1.63. The third kappa shape index (κ3) is 2.42. The Bertz CT molecular complexity index is 1050. The summed E-state index contributed by atoms with van der Waals surface area (Å²) in [5.74, 6) is 1.84. The number of furan rings is 2. The summed E-state index contributed by atoms with van der Waals surface area (Å²) in [4.78, 5) is 2.32. The Balaban J connectivity index is 1.64. The molecule has 0 aliphatic rings. The fourth-order valence-electron chi connectivity index (χ4n) is 2.82. The lowest BCUT2D eigenvalue weighted by atomic mass is 10.2. The zero-order valence-electron chi connectivity index (χ0n) is 12.6. The van der Waals surface area contributed by atoms with Crippen LogP contribution in [0.4, 0.5) is 0 Å². The van der Waals surface area contributed by atoms with Crippen molar-refractivity contribution < 1.29 is 8.83 Å². The highest BCUT2D eigenvalue weighted by Crippen LogP contribution is 2.37. The number of hydrogen-bond acceptors (Lipinski definition) is 4. The van der Waals surface area contributed by atoms with Gasteiger partial charge in [0.2, 0.25) is 0 Å². The van der Waals surface area contributed by atoms with E-state index in [4.69, 9.17) is 8.83 Å². The van der Waals surface area contributed by atoms with Crippen molar-refractivity contribution in [2.45, 2.75) is 6.92 Å². The highest BCUT2D eigenvalue weighted by atomic mass is 127. The third-order valence-electron chi connectivity index (χ3n) is 3.94. The van der Waals surface area contributed by atoms with Gasteiger partial charge in [0.1, 0.15) is 22.7 Å². The zero-order valence-corrected chi connectivity index (χ0v) is 16.4. The largest absolute Gasteiger partial charge is 0.455 e. The van der Waals surface area contributed by atoms with Crippen molar-refractivity contribution in [2.75, 3.05) is 0 Å². The summed E-state index contributed by atoms with van der Waals surface area (Å²) in [5.41, 5.74) is 2.99. The number of aryl methyl sites for hydroxylation is 1. The molecule has 0 atom stereocenters. The molecular weight excluding hydrogens is 451 g/mol. The molecule has 0 saturated heterocycles. The topological polar surface area (TPSA) is 26.3 Å². The molecular formula is C19H11IO2S2. The molecule has 5 aromatic rings. The second-order valence-corrected chi connectivity index (χ2v) is 8.83. The van der Waals surface area contributed by atoms with Crippen molar-refractivity contribution in [3.8, 4) is 21.3 Å². The van der Waals surface area contributed by atoms with Crippen LogP contribution in [-0.2, 0) is 0 Å². The molecule has 24 heavy (non-hydrogen) atoms. The second-order valence-electron chi connectivity index (χ2n) is 5.77. The summed E-state index contributed by atoms with van der Waals surface area (Å²) in [7, 11) is 0. The molecule has 0 fully saturated rings. The van der Waals surface area contributed by atoms with Gasteiger partial charge < -0.3 is 8.83 Å². The van der Waals surface area contributed by atoms with E-state index in [1.165, 1.54) is 9.13 Å². The molecule has 1 aromatic carbocycles. The fourth-order valence-corrected chi connectivity index (χ4v) is 5.30. The fraction of sp³-hybridized carbons (Fsp3) is 0.0526. The van der Waals surface area contributed by atoms with Crippen LogP contribution in [0.1, 0.15) is 5.56 Å². The number of thiophene rings is 2. The molecule has 2 nitrogen and oxygen atoms in total. The molecule has 5 rings (SSSR count). The van der Waals surface area contributed by atoms with Crippen LogP contribution in [-0.4, -0.2) is 0 Å². The molecule has 5 heteroatoms. The molecule has 0 amide bonds. The molecule has 4 heterocycles. The highest BCUT2D eigenvalue weighted by Gasteiger charge is 2.13. The van der Waals surface area contributed by atoms with Gasteiger partial charge in [0.15, 0.2) is 0 Å².